The first-order chi connectivity index (χ1) is 16.7. The van der Waals surface area contributed by atoms with E-state index in [0.717, 1.165) is 19.5 Å². The third kappa shape index (κ3) is 7.61. The molecule has 1 atom stereocenters. The Morgan fingerprint density at radius 2 is 1.89 bits per heavy atom. The average Bonchev–Trinajstić information content (AvgIpc) is 2.83. The van der Waals surface area contributed by atoms with E-state index in [0.29, 0.717) is 19.4 Å². The van der Waals surface area contributed by atoms with Gasteiger partial charge < -0.3 is 15.2 Å². The van der Waals surface area contributed by atoms with Gasteiger partial charge in [-0.2, -0.15) is 13.2 Å². The Bertz CT molecular complexity index is 998. The highest BCUT2D eigenvalue weighted by molar-refractivity contribution is 5.92. The molecule has 0 bridgehead atoms. The Balaban J connectivity index is 1.21. The second kappa shape index (κ2) is 11.3. The van der Waals surface area contributed by atoms with E-state index in [1.54, 1.807) is 0 Å². The Kier molecular flexibility index (Phi) is 8.19. The molecule has 1 fully saturated rings. The van der Waals surface area contributed by atoms with E-state index in [1.807, 2.05) is 12.1 Å². The van der Waals surface area contributed by atoms with Gasteiger partial charge in [0.05, 0.1) is 12.6 Å². The lowest BCUT2D eigenvalue weighted by Crippen LogP contribution is -2.43. The normalized spacial score (nSPS) is 18.6. The van der Waals surface area contributed by atoms with Crippen molar-refractivity contribution in [3.63, 3.8) is 0 Å². The number of piperidine rings is 1. The SMILES string of the molecule is O=C(NCC(O)CN1CCc2ccccc2C1)c1cc(OC2CCN(CC(F)(F)F)CC2)ncn1. The molecule has 3 heterocycles. The number of halogens is 3. The van der Waals surface area contributed by atoms with Gasteiger partial charge in [-0.1, -0.05) is 24.3 Å². The van der Waals surface area contributed by atoms with Crippen molar-refractivity contribution in [3.8, 4) is 5.88 Å². The van der Waals surface area contributed by atoms with Gasteiger partial charge >= 0.3 is 6.18 Å². The number of alkyl halides is 3. The van der Waals surface area contributed by atoms with Crippen LogP contribution in [0.3, 0.4) is 0 Å². The van der Waals surface area contributed by atoms with Crippen molar-refractivity contribution in [1.82, 2.24) is 25.1 Å². The fourth-order valence-electron chi connectivity index (χ4n) is 4.51. The molecule has 2 N–H and O–H groups in total. The first-order valence-electron chi connectivity index (χ1n) is 11.8. The molecule has 8 nitrogen and oxygen atoms in total. The Labute approximate surface area is 202 Å². The molecule has 4 rings (SSSR count). The summed E-state index contributed by atoms with van der Waals surface area (Å²) < 4.78 is 43.4. The molecule has 0 aliphatic carbocycles. The average molecular weight is 494 g/mol. The molecule has 1 aromatic heterocycles. The number of carbonyl (C=O) groups excluding carboxylic acids is 1. The van der Waals surface area contributed by atoms with Crippen molar-refractivity contribution in [2.45, 2.75) is 44.2 Å². The maximum absolute atomic E-state index is 12.5. The van der Waals surface area contributed by atoms with Crippen molar-refractivity contribution >= 4 is 5.91 Å². The number of carbonyl (C=O) groups is 1. The molecule has 1 saturated heterocycles. The lowest BCUT2D eigenvalue weighted by molar-refractivity contribution is -0.149. The van der Waals surface area contributed by atoms with Crippen LogP contribution >= 0.6 is 0 Å². The number of hydrogen-bond acceptors (Lipinski definition) is 7. The zero-order valence-electron chi connectivity index (χ0n) is 19.4. The number of fused-ring (bicyclic) bond motifs is 1. The highest BCUT2D eigenvalue weighted by Crippen LogP contribution is 2.22. The van der Waals surface area contributed by atoms with E-state index in [9.17, 15) is 23.1 Å². The van der Waals surface area contributed by atoms with Gasteiger partial charge in [0.1, 0.15) is 18.1 Å². The van der Waals surface area contributed by atoms with E-state index in [2.05, 4.69) is 32.3 Å². The van der Waals surface area contributed by atoms with Crippen LogP contribution in [0, 0.1) is 0 Å². The molecule has 1 aromatic carbocycles. The summed E-state index contributed by atoms with van der Waals surface area (Å²) >= 11 is 0. The van der Waals surface area contributed by atoms with E-state index >= 15 is 0 Å². The van der Waals surface area contributed by atoms with Gasteiger partial charge in [-0.25, -0.2) is 9.97 Å². The first kappa shape index (κ1) is 25.3. The second-order valence-electron chi connectivity index (χ2n) is 9.07. The largest absolute Gasteiger partial charge is 0.474 e. The molecule has 1 unspecified atom stereocenters. The number of nitrogens with zero attached hydrogens (tertiary/aromatic N) is 4. The minimum absolute atomic E-state index is 0.0782. The van der Waals surface area contributed by atoms with Crippen LogP contribution < -0.4 is 10.1 Å². The van der Waals surface area contributed by atoms with Crippen LogP contribution in [0.5, 0.6) is 5.88 Å². The van der Waals surface area contributed by atoms with Crippen molar-refractivity contribution in [2.24, 2.45) is 0 Å². The predicted octanol–water partition coefficient (Wildman–Crippen LogP) is 2.03. The Hall–Kier alpha value is -2.76. The van der Waals surface area contributed by atoms with Gasteiger partial charge in [0.15, 0.2) is 0 Å². The number of hydrogen-bond donors (Lipinski definition) is 2. The monoisotopic (exact) mass is 493 g/mol. The maximum Gasteiger partial charge on any atom is 0.401 e. The Morgan fingerprint density at radius 1 is 1.14 bits per heavy atom. The third-order valence-electron chi connectivity index (χ3n) is 6.28. The van der Waals surface area contributed by atoms with E-state index in [-0.39, 0.29) is 37.3 Å². The molecular formula is C24H30F3N5O3. The number of likely N-dealkylation sites (tertiary alicyclic amines) is 1. The van der Waals surface area contributed by atoms with Crippen LogP contribution in [0.2, 0.25) is 0 Å². The second-order valence-corrected chi connectivity index (χ2v) is 9.07. The number of ether oxygens (including phenoxy) is 1. The van der Waals surface area contributed by atoms with Crippen LogP contribution in [-0.4, -0.2) is 88.4 Å². The van der Waals surface area contributed by atoms with Gasteiger partial charge in [0, 0.05) is 45.3 Å². The molecular weight excluding hydrogens is 463 g/mol. The maximum atomic E-state index is 12.5. The van der Waals surface area contributed by atoms with Gasteiger partial charge in [-0.05, 0) is 30.4 Å². The zero-order valence-corrected chi connectivity index (χ0v) is 19.4. The van der Waals surface area contributed by atoms with Crippen molar-refractivity contribution in [2.75, 3.05) is 39.3 Å². The van der Waals surface area contributed by atoms with Gasteiger partial charge in [0.2, 0.25) is 5.88 Å². The zero-order chi connectivity index (χ0) is 24.8. The summed E-state index contributed by atoms with van der Waals surface area (Å²) in [5.41, 5.74) is 2.69. The topological polar surface area (TPSA) is 90.8 Å². The van der Waals surface area contributed by atoms with Crippen LogP contribution in [0.4, 0.5) is 13.2 Å². The summed E-state index contributed by atoms with van der Waals surface area (Å²) in [7, 11) is 0. The van der Waals surface area contributed by atoms with E-state index in [4.69, 9.17) is 4.74 Å². The summed E-state index contributed by atoms with van der Waals surface area (Å²) in [6.45, 7) is 1.78. The quantitative estimate of drug-likeness (QED) is 0.582. The smallest absolute Gasteiger partial charge is 0.401 e. The summed E-state index contributed by atoms with van der Waals surface area (Å²) in [4.78, 5) is 24.0. The number of benzene rings is 1. The summed E-state index contributed by atoms with van der Waals surface area (Å²) in [5.74, 6) is -0.257. The molecule has 35 heavy (non-hydrogen) atoms. The molecule has 2 aliphatic heterocycles. The van der Waals surface area contributed by atoms with Gasteiger partial charge in [-0.3, -0.25) is 14.6 Å². The fraction of sp³-hybridized carbons (Fsp3) is 0.542. The number of aromatic nitrogens is 2. The molecule has 2 aromatic rings. The van der Waals surface area contributed by atoms with Crippen LogP contribution in [-0.2, 0) is 13.0 Å². The summed E-state index contributed by atoms with van der Waals surface area (Å²) in [6, 6.07) is 9.67. The number of aliphatic hydroxyl groups excluding tert-OH is 1. The van der Waals surface area contributed by atoms with E-state index in [1.165, 1.54) is 28.4 Å². The standard InChI is InChI=1S/C24H30F3N5O3/c25-24(26,27)15-31-9-6-20(7-10-31)35-22-11-21(29-16-30-22)23(34)28-12-19(33)14-32-8-5-17-3-1-2-4-18(17)13-32/h1-4,11,16,19-20,33H,5-10,12-15H2,(H,28,34). The van der Waals surface area contributed by atoms with Crippen LogP contribution in [0.25, 0.3) is 0 Å². The fourth-order valence-corrected chi connectivity index (χ4v) is 4.51. The molecule has 0 radical (unpaired) electrons. The summed E-state index contributed by atoms with van der Waals surface area (Å²) in [5, 5.41) is 13.1. The van der Waals surface area contributed by atoms with Crippen LogP contribution in [0.1, 0.15) is 34.5 Å². The molecule has 190 valence electrons. The minimum Gasteiger partial charge on any atom is -0.474 e. The number of β-amino-alcohol motifs (C(OH)–C–C–N with tert-alkyl or cyclic N) is 1. The number of aliphatic hydroxyl groups is 1. The van der Waals surface area contributed by atoms with Gasteiger partial charge in [-0.15, -0.1) is 0 Å². The third-order valence-corrected chi connectivity index (χ3v) is 6.28. The highest BCUT2D eigenvalue weighted by atomic mass is 19.4. The van der Waals surface area contributed by atoms with Crippen molar-refractivity contribution < 1.29 is 27.8 Å². The lowest BCUT2D eigenvalue weighted by atomic mass is 10.00. The molecule has 0 saturated carbocycles. The van der Waals surface area contributed by atoms with Gasteiger partial charge in [0.25, 0.3) is 5.91 Å². The lowest BCUT2D eigenvalue weighted by Gasteiger charge is -2.32. The summed E-state index contributed by atoms with van der Waals surface area (Å²) in [6.07, 6.45) is -2.20. The number of amides is 1. The van der Waals surface area contributed by atoms with E-state index < -0.39 is 24.7 Å². The molecule has 1 amide bonds. The van der Waals surface area contributed by atoms with Crippen molar-refractivity contribution in [3.05, 3.63) is 53.5 Å². The Morgan fingerprint density at radius 3 is 2.63 bits per heavy atom. The molecule has 0 spiro atoms. The highest BCUT2D eigenvalue weighted by Gasteiger charge is 2.33. The predicted molar refractivity (Wildman–Crippen MR) is 122 cm³/mol. The first-order valence-corrected chi connectivity index (χ1v) is 11.8. The molecule has 2 aliphatic rings. The molecule has 11 heteroatoms. The number of rotatable bonds is 8. The van der Waals surface area contributed by atoms with Crippen molar-refractivity contribution in [1.29, 1.82) is 0 Å². The minimum atomic E-state index is -4.21. The van der Waals surface area contributed by atoms with Crippen LogP contribution in [0.15, 0.2) is 36.7 Å². The number of nitrogens with one attached hydrogen (secondary N) is 1.